The van der Waals surface area contributed by atoms with E-state index in [-0.39, 0.29) is 12.0 Å². The number of halogens is 3. The third-order valence-corrected chi connectivity index (χ3v) is 4.91. The lowest BCUT2D eigenvalue weighted by molar-refractivity contribution is -0.137. The van der Waals surface area contributed by atoms with Crippen molar-refractivity contribution in [1.29, 1.82) is 0 Å². The highest BCUT2D eigenvalue weighted by Gasteiger charge is 2.30. The summed E-state index contributed by atoms with van der Waals surface area (Å²) in [5.74, 6) is -0.891. The maximum atomic E-state index is 12.9. The molecule has 0 heterocycles. The van der Waals surface area contributed by atoms with E-state index >= 15 is 0 Å². The zero-order valence-electron chi connectivity index (χ0n) is 17.1. The summed E-state index contributed by atoms with van der Waals surface area (Å²) < 4.78 is 38.7. The average Bonchev–Trinajstić information content (AvgIpc) is 2.79. The van der Waals surface area contributed by atoms with Crippen LogP contribution in [0.5, 0.6) is 0 Å². The van der Waals surface area contributed by atoms with Crippen molar-refractivity contribution in [3.63, 3.8) is 0 Å². The van der Waals surface area contributed by atoms with Crippen LogP contribution >= 0.6 is 12.2 Å². The molecule has 0 fully saturated rings. The highest BCUT2D eigenvalue weighted by molar-refractivity contribution is 7.79. The number of carbonyl (C=O) groups excluding carboxylic acids is 2. The molecule has 0 bridgehead atoms. The molecule has 2 amide bonds. The number of hydrogen-bond donors (Lipinski definition) is 3. The van der Waals surface area contributed by atoms with Gasteiger partial charge in [-0.15, -0.1) is 0 Å². The van der Waals surface area contributed by atoms with Crippen molar-refractivity contribution in [1.82, 2.24) is 10.8 Å². The number of nitrogens with one attached hydrogen (secondary N) is 2. The van der Waals surface area contributed by atoms with Gasteiger partial charge in [0.05, 0.1) is 5.56 Å². The molecule has 0 atom stereocenters. The second-order valence-corrected chi connectivity index (χ2v) is 7.25. The van der Waals surface area contributed by atoms with Crippen LogP contribution in [0.2, 0.25) is 0 Å². The number of rotatable bonds is 10. The molecule has 2 aromatic carbocycles. The van der Waals surface area contributed by atoms with Gasteiger partial charge in [0.25, 0.3) is 5.91 Å². The van der Waals surface area contributed by atoms with E-state index in [1.165, 1.54) is 17.5 Å². The van der Waals surface area contributed by atoms with Crippen LogP contribution in [0.15, 0.2) is 48.5 Å². The van der Waals surface area contributed by atoms with E-state index < -0.39 is 23.6 Å². The second kappa shape index (κ2) is 12.1. The topological polar surface area (TPSA) is 78.4 Å². The summed E-state index contributed by atoms with van der Waals surface area (Å²) in [5.41, 5.74) is 2.87. The van der Waals surface area contributed by atoms with Crippen LogP contribution in [0.3, 0.4) is 0 Å². The Balaban J connectivity index is 2.14. The van der Waals surface area contributed by atoms with Crippen molar-refractivity contribution in [3.8, 4) is 0 Å². The van der Waals surface area contributed by atoms with Gasteiger partial charge in [-0.3, -0.25) is 14.8 Å². The molecule has 32 heavy (non-hydrogen) atoms. The Bertz CT molecular complexity index is 956. The molecule has 0 aliphatic rings. The minimum absolute atomic E-state index is 0.179. The molecule has 9 heteroatoms. The van der Waals surface area contributed by atoms with E-state index in [0.29, 0.717) is 36.9 Å². The molecule has 5 nitrogen and oxygen atoms in total. The molecule has 0 aliphatic heterocycles. The van der Waals surface area contributed by atoms with E-state index in [4.69, 9.17) is 17.4 Å². The van der Waals surface area contributed by atoms with Crippen LogP contribution in [-0.2, 0) is 15.8 Å². The van der Waals surface area contributed by atoms with Gasteiger partial charge in [0.15, 0.2) is 0 Å². The summed E-state index contributed by atoms with van der Waals surface area (Å²) in [6.45, 7) is 0.335. The van der Waals surface area contributed by atoms with E-state index in [9.17, 15) is 22.8 Å². The number of benzene rings is 2. The summed E-state index contributed by atoms with van der Waals surface area (Å²) >= 11 is 4.88. The molecule has 0 saturated heterocycles. The first-order valence-corrected chi connectivity index (χ1v) is 10.4. The van der Waals surface area contributed by atoms with Gasteiger partial charge in [-0.1, -0.05) is 55.0 Å². The molecule has 0 saturated carbocycles. The van der Waals surface area contributed by atoms with Crippen LogP contribution in [-0.4, -0.2) is 28.9 Å². The molecular weight excluding hydrogens is 441 g/mol. The first-order valence-electron chi connectivity index (χ1n) is 9.90. The van der Waals surface area contributed by atoms with Gasteiger partial charge in [-0.05, 0) is 47.7 Å². The van der Waals surface area contributed by atoms with Crippen molar-refractivity contribution >= 4 is 41.0 Å². The fraction of sp³-hybridized carbons (Fsp3) is 0.261. The van der Waals surface area contributed by atoms with E-state index in [1.807, 2.05) is 0 Å². The zero-order valence-corrected chi connectivity index (χ0v) is 17.9. The number of hydroxylamine groups is 1. The zero-order chi connectivity index (χ0) is 23.6. The fourth-order valence-electron chi connectivity index (χ4n) is 2.90. The minimum atomic E-state index is -4.46. The standard InChI is InChI=1S/C23H23F3N2O3S/c24-23(25,26)19-11-9-18(10-12-19)20(14-16-5-7-17(15-32)8-6-16)22(30)27-13-3-1-2-4-21(29)28-31/h5-12,14-15,31H,1-4,13H2,(H,27,30)(H,28,29). The quantitative estimate of drug-likeness (QED) is 0.118. The maximum absolute atomic E-state index is 12.9. The lowest BCUT2D eigenvalue weighted by Crippen LogP contribution is -2.25. The van der Waals surface area contributed by atoms with Gasteiger partial charge >= 0.3 is 6.18 Å². The SMILES string of the molecule is O=C(CCCCCNC(=O)C(=Cc1ccc(C=S)cc1)c1ccc(C(F)(F)F)cc1)NO. The van der Waals surface area contributed by atoms with Crippen molar-refractivity contribution in [2.24, 2.45) is 0 Å². The third-order valence-electron chi connectivity index (χ3n) is 4.64. The van der Waals surface area contributed by atoms with Gasteiger partial charge in [-0.2, -0.15) is 13.2 Å². The highest BCUT2D eigenvalue weighted by atomic mass is 32.1. The molecule has 0 unspecified atom stereocenters. The normalized spacial score (nSPS) is 11.7. The summed E-state index contributed by atoms with van der Waals surface area (Å²) in [7, 11) is 0. The largest absolute Gasteiger partial charge is 0.416 e. The van der Waals surface area contributed by atoms with Crippen LogP contribution in [0.25, 0.3) is 11.6 Å². The monoisotopic (exact) mass is 464 g/mol. The van der Waals surface area contributed by atoms with E-state index in [2.05, 4.69) is 5.32 Å². The van der Waals surface area contributed by atoms with Crippen molar-refractivity contribution < 1.29 is 28.0 Å². The number of carbonyl (C=O) groups is 2. The van der Waals surface area contributed by atoms with Gasteiger partial charge < -0.3 is 5.32 Å². The number of unbranched alkanes of at least 4 members (excludes halogenated alkanes) is 2. The Morgan fingerprint density at radius 2 is 1.56 bits per heavy atom. The number of amides is 2. The number of hydrogen-bond acceptors (Lipinski definition) is 4. The van der Waals surface area contributed by atoms with Gasteiger partial charge in [0.2, 0.25) is 5.91 Å². The van der Waals surface area contributed by atoms with Crippen molar-refractivity contribution in [2.75, 3.05) is 6.54 Å². The van der Waals surface area contributed by atoms with Gasteiger partial charge in [0.1, 0.15) is 0 Å². The lowest BCUT2D eigenvalue weighted by Gasteiger charge is -2.12. The van der Waals surface area contributed by atoms with Crippen LogP contribution < -0.4 is 10.8 Å². The Kier molecular flexibility index (Phi) is 9.55. The van der Waals surface area contributed by atoms with Crippen LogP contribution in [0.1, 0.15) is 47.9 Å². The van der Waals surface area contributed by atoms with Gasteiger partial charge in [0, 0.05) is 23.9 Å². The molecule has 0 spiro atoms. The number of thiocarbonyl (C=S) groups is 1. The van der Waals surface area contributed by atoms with E-state index in [1.54, 1.807) is 35.8 Å². The predicted molar refractivity (Wildman–Crippen MR) is 120 cm³/mol. The Morgan fingerprint density at radius 3 is 2.12 bits per heavy atom. The Hall–Kier alpha value is -3.04. The van der Waals surface area contributed by atoms with E-state index in [0.717, 1.165) is 17.7 Å². The highest BCUT2D eigenvalue weighted by Crippen LogP contribution is 2.30. The number of alkyl halides is 3. The van der Waals surface area contributed by atoms with Gasteiger partial charge in [-0.25, -0.2) is 5.48 Å². The third kappa shape index (κ3) is 7.90. The fourth-order valence-corrected chi connectivity index (χ4v) is 3.05. The molecule has 2 aromatic rings. The summed E-state index contributed by atoms with van der Waals surface area (Å²) in [5, 5.41) is 12.7. The molecular formula is C23H23F3N2O3S. The molecule has 3 N–H and O–H groups in total. The summed E-state index contributed by atoms with van der Waals surface area (Å²) in [6.07, 6.45) is -0.861. The molecule has 0 radical (unpaired) electrons. The molecule has 170 valence electrons. The average molecular weight is 465 g/mol. The maximum Gasteiger partial charge on any atom is 0.416 e. The smallest absolute Gasteiger partial charge is 0.352 e. The Morgan fingerprint density at radius 1 is 0.938 bits per heavy atom. The first kappa shape index (κ1) is 25.2. The Labute approximate surface area is 189 Å². The van der Waals surface area contributed by atoms with Crippen LogP contribution in [0, 0.1) is 0 Å². The summed E-state index contributed by atoms with van der Waals surface area (Å²) in [4.78, 5) is 23.8. The van der Waals surface area contributed by atoms with Crippen molar-refractivity contribution in [2.45, 2.75) is 31.9 Å². The first-order chi connectivity index (χ1) is 15.2. The summed E-state index contributed by atoms with van der Waals surface area (Å²) in [6, 6.07) is 11.5. The minimum Gasteiger partial charge on any atom is -0.352 e. The molecule has 2 rings (SSSR count). The predicted octanol–water partition coefficient (Wildman–Crippen LogP) is 4.78. The van der Waals surface area contributed by atoms with Crippen LogP contribution in [0.4, 0.5) is 13.2 Å². The molecule has 0 aromatic heterocycles. The van der Waals surface area contributed by atoms with Crippen molar-refractivity contribution in [3.05, 3.63) is 70.8 Å². The second-order valence-electron chi connectivity index (χ2n) is 7.02. The molecule has 0 aliphatic carbocycles. The lowest BCUT2D eigenvalue weighted by atomic mass is 10.00.